The summed E-state index contributed by atoms with van der Waals surface area (Å²) >= 11 is 0. The number of aliphatic hydroxyl groups is 1. The SMILES string of the molecule is CC(N)(CO)CCCOc1cccc(C(C)(C)C)c1. The van der Waals surface area contributed by atoms with Gasteiger partial charge in [0.15, 0.2) is 0 Å². The molecule has 3 nitrogen and oxygen atoms in total. The Hall–Kier alpha value is -1.06. The summed E-state index contributed by atoms with van der Waals surface area (Å²) in [5.74, 6) is 0.898. The van der Waals surface area contributed by atoms with E-state index in [1.807, 2.05) is 19.1 Å². The van der Waals surface area contributed by atoms with Crippen molar-refractivity contribution in [2.45, 2.75) is 51.5 Å². The maximum atomic E-state index is 9.07. The van der Waals surface area contributed by atoms with Gasteiger partial charge in [0.25, 0.3) is 0 Å². The Labute approximate surface area is 116 Å². The summed E-state index contributed by atoms with van der Waals surface area (Å²) in [7, 11) is 0. The molecule has 108 valence electrons. The van der Waals surface area contributed by atoms with E-state index in [1.54, 1.807) is 0 Å². The summed E-state index contributed by atoms with van der Waals surface area (Å²) < 4.78 is 5.74. The Morgan fingerprint density at radius 2 is 1.89 bits per heavy atom. The molecule has 1 aromatic carbocycles. The van der Waals surface area contributed by atoms with E-state index in [-0.39, 0.29) is 12.0 Å². The van der Waals surface area contributed by atoms with E-state index in [4.69, 9.17) is 15.6 Å². The minimum absolute atomic E-state index is 0.00646. The summed E-state index contributed by atoms with van der Waals surface area (Å²) in [6.45, 7) is 9.05. The third-order valence-corrected chi connectivity index (χ3v) is 3.22. The van der Waals surface area contributed by atoms with Gasteiger partial charge in [0.2, 0.25) is 0 Å². The van der Waals surface area contributed by atoms with Gasteiger partial charge in [-0.25, -0.2) is 0 Å². The molecule has 0 radical (unpaired) electrons. The minimum Gasteiger partial charge on any atom is -0.494 e. The highest BCUT2D eigenvalue weighted by Gasteiger charge is 2.16. The normalized spacial score (nSPS) is 15.1. The zero-order chi connectivity index (χ0) is 14.5. The number of hydrogen-bond donors (Lipinski definition) is 2. The number of aliphatic hydroxyl groups excluding tert-OH is 1. The number of benzene rings is 1. The van der Waals surface area contributed by atoms with Gasteiger partial charge < -0.3 is 15.6 Å². The van der Waals surface area contributed by atoms with Crippen molar-refractivity contribution in [2.75, 3.05) is 13.2 Å². The lowest BCUT2D eigenvalue weighted by Crippen LogP contribution is -2.40. The molecular formula is C16H27NO2. The Morgan fingerprint density at radius 3 is 2.47 bits per heavy atom. The van der Waals surface area contributed by atoms with Gasteiger partial charge in [-0.05, 0) is 42.9 Å². The fraction of sp³-hybridized carbons (Fsp3) is 0.625. The van der Waals surface area contributed by atoms with Crippen LogP contribution < -0.4 is 10.5 Å². The van der Waals surface area contributed by atoms with E-state index >= 15 is 0 Å². The monoisotopic (exact) mass is 265 g/mol. The number of ether oxygens (including phenoxy) is 1. The van der Waals surface area contributed by atoms with Gasteiger partial charge in [-0.15, -0.1) is 0 Å². The molecule has 0 aliphatic rings. The smallest absolute Gasteiger partial charge is 0.119 e. The molecule has 0 aromatic heterocycles. The third kappa shape index (κ3) is 5.62. The molecule has 0 spiro atoms. The number of hydrogen-bond acceptors (Lipinski definition) is 3. The Bertz CT molecular complexity index is 394. The van der Waals surface area contributed by atoms with Crippen LogP contribution in [0.5, 0.6) is 5.75 Å². The number of rotatable bonds is 6. The van der Waals surface area contributed by atoms with Crippen molar-refractivity contribution in [3.05, 3.63) is 29.8 Å². The van der Waals surface area contributed by atoms with Crippen LogP contribution in [-0.2, 0) is 5.41 Å². The second kappa shape index (κ2) is 6.40. The van der Waals surface area contributed by atoms with E-state index in [0.717, 1.165) is 18.6 Å². The fourth-order valence-corrected chi connectivity index (χ4v) is 1.80. The molecule has 0 bridgehead atoms. The first-order chi connectivity index (χ1) is 8.74. The first kappa shape index (κ1) is 16.0. The molecular weight excluding hydrogens is 238 g/mol. The quantitative estimate of drug-likeness (QED) is 0.778. The standard InChI is InChI=1S/C16H27NO2/c1-15(2,3)13-7-5-8-14(11-13)19-10-6-9-16(4,17)12-18/h5,7-8,11,18H,6,9-10,12,17H2,1-4H3. The number of nitrogens with two attached hydrogens (primary N) is 1. The van der Waals surface area contributed by atoms with E-state index in [1.165, 1.54) is 5.56 Å². The van der Waals surface area contributed by atoms with Gasteiger partial charge in [-0.2, -0.15) is 0 Å². The first-order valence-corrected chi connectivity index (χ1v) is 6.88. The lowest BCUT2D eigenvalue weighted by atomic mass is 9.87. The van der Waals surface area contributed by atoms with Gasteiger partial charge in [0.1, 0.15) is 5.75 Å². The van der Waals surface area contributed by atoms with E-state index in [9.17, 15) is 0 Å². The molecule has 1 rings (SSSR count). The fourth-order valence-electron chi connectivity index (χ4n) is 1.80. The molecule has 3 N–H and O–H groups in total. The average Bonchev–Trinajstić information content (AvgIpc) is 2.34. The molecule has 19 heavy (non-hydrogen) atoms. The van der Waals surface area contributed by atoms with Crippen molar-refractivity contribution in [3.8, 4) is 5.75 Å². The maximum absolute atomic E-state index is 9.07. The first-order valence-electron chi connectivity index (χ1n) is 6.88. The van der Waals surface area contributed by atoms with Crippen molar-refractivity contribution in [2.24, 2.45) is 5.73 Å². The molecule has 0 amide bonds. The molecule has 1 unspecified atom stereocenters. The molecule has 0 aliphatic carbocycles. The van der Waals surface area contributed by atoms with Crippen LogP contribution in [0.15, 0.2) is 24.3 Å². The zero-order valence-corrected chi connectivity index (χ0v) is 12.6. The molecule has 3 heteroatoms. The highest BCUT2D eigenvalue weighted by Crippen LogP contribution is 2.25. The molecule has 0 aliphatic heterocycles. The molecule has 1 aromatic rings. The van der Waals surface area contributed by atoms with Crippen LogP contribution in [0.3, 0.4) is 0 Å². The summed E-state index contributed by atoms with van der Waals surface area (Å²) in [5, 5.41) is 9.07. The van der Waals surface area contributed by atoms with Crippen LogP contribution in [0.2, 0.25) is 0 Å². The Morgan fingerprint density at radius 1 is 1.21 bits per heavy atom. The second-order valence-electron chi connectivity index (χ2n) is 6.54. The van der Waals surface area contributed by atoms with Crippen molar-refractivity contribution in [1.82, 2.24) is 0 Å². The second-order valence-corrected chi connectivity index (χ2v) is 6.54. The minimum atomic E-state index is -0.503. The van der Waals surface area contributed by atoms with Gasteiger partial charge in [0.05, 0.1) is 13.2 Å². The molecule has 0 fully saturated rings. The van der Waals surface area contributed by atoms with Crippen molar-refractivity contribution in [3.63, 3.8) is 0 Å². The Balaban J connectivity index is 2.46. The molecule has 1 atom stereocenters. The highest BCUT2D eigenvalue weighted by atomic mass is 16.5. The van der Waals surface area contributed by atoms with Crippen molar-refractivity contribution >= 4 is 0 Å². The molecule has 0 saturated heterocycles. The van der Waals surface area contributed by atoms with Gasteiger partial charge in [-0.1, -0.05) is 32.9 Å². The van der Waals surface area contributed by atoms with Crippen LogP contribution in [0, 0.1) is 0 Å². The third-order valence-electron chi connectivity index (χ3n) is 3.22. The van der Waals surface area contributed by atoms with E-state index < -0.39 is 5.54 Å². The predicted octanol–water partition coefficient (Wildman–Crippen LogP) is 2.85. The Kier molecular flexibility index (Phi) is 5.39. The molecule has 0 heterocycles. The van der Waals surface area contributed by atoms with Gasteiger partial charge >= 0.3 is 0 Å². The maximum Gasteiger partial charge on any atom is 0.119 e. The zero-order valence-electron chi connectivity index (χ0n) is 12.6. The molecule has 0 saturated carbocycles. The summed E-state index contributed by atoms with van der Waals surface area (Å²) in [4.78, 5) is 0. The van der Waals surface area contributed by atoms with Crippen LogP contribution in [0.1, 0.15) is 46.1 Å². The van der Waals surface area contributed by atoms with Crippen LogP contribution in [0.25, 0.3) is 0 Å². The lowest BCUT2D eigenvalue weighted by Gasteiger charge is -2.22. The van der Waals surface area contributed by atoms with Gasteiger partial charge in [-0.3, -0.25) is 0 Å². The van der Waals surface area contributed by atoms with Gasteiger partial charge in [0, 0.05) is 5.54 Å². The average molecular weight is 265 g/mol. The van der Waals surface area contributed by atoms with Crippen LogP contribution >= 0.6 is 0 Å². The summed E-state index contributed by atoms with van der Waals surface area (Å²) in [6.07, 6.45) is 1.59. The topological polar surface area (TPSA) is 55.5 Å². The predicted molar refractivity (Wildman–Crippen MR) is 79.5 cm³/mol. The van der Waals surface area contributed by atoms with Crippen LogP contribution in [-0.4, -0.2) is 23.9 Å². The highest BCUT2D eigenvalue weighted by molar-refractivity contribution is 5.32. The summed E-state index contributed by atoms with van der Waals surface area (Å²) in [5.41, 5.74) is 6.77. The summed E-state index contributed by atoms with van der Waals surface area (Å²) in [6, 6.07) is 8.21. The van der Waals surface area contributed by atoms with Crippen molar-refractivity contribution < 1.29 is 9.84 Å². The van der Waals surface area contributed by atoms with Crippen LogP contribution in [0.4, 0.5) is 0 Å². The lowest BCUT2D eigenvalue weighted by molar-refractivity contribution is 0.188. The van der Waals surface area contributed by atoms with E-state index in [2.05, 4.69) is 32.9 Å². The van der Waals surface area contributed by atoms with Crippen molar-refractivity contribution in [1.29, 1.82) is 0 Å². The largest absolute Gasteiger partial charge is 0.494 e. The van der Waals surface area contributed by atoms with E-state index in [0.29, 0.717) is 6.61 Å².